The van der Waals surface area contributed by atoms with Gasteiger partial charge in [0.15, 0.2) is 0 Å². The zero-order valence-electron chi connectivity index (χ0n) is 28.3. The van der Waals surface area contributed by atoms with E-state index >= 15 is 0 Å². The maximum atomic E-state index is 3.53. The van der Waals surface area contributed by atoms with Crippen molar-refractivity contribution in [3.63, 3.8) is 0 Å². The first-order valence-electron chi connectivity index (χ1n) is 15.4. The predicted octanol–water partition coefficient (Wildman–Crippen LogP) is 4.80. The van der Waals surface area contributed by atoms with Gasteiger partial charge in [0, 0.05) is 0 Å². The van der Waals surface area contributed by atoms with Crippen LogP contribution >= 0.6 is 0 Å². The van der Waals surface area contributed by atoms with E-state index in [1.165, 1.54) is 83.1 Å². The summed E-state index contributed by atoms with van der Waals surface area (Å²) in [5.74, 6) is 0.551. The molecule has 0 radical (unpaired) electrons. The monoisotopic (exact) mass is 710 g/mol. The van der Waals surface area contributed by atoms with E-state index in [4.69, 9.17) is 0 Å². The van der Waals surface area contributed by atoms with Gasteiger partial charge in [0.25, 0.3) is 0 Å². The van der Waals surface area contributed by atoms with Gasteiger partial charge in [-0.25, -0.2) is 11.1 Å². The first-order valence-corrected chi connectivity index (χ1v) is 16.6. The quantitative estimate of drug-likeness (QED) is 0.231. The summed E-state index contributed by atoms with van der Waals surface area (Å²) < 4.78 is 1.42. The molecule has 234 valence electrons. The number of hydrogen-bond donors (Lipinski definition) is 0. The molecule has 2 aliphatic rings. The summed E-state index contributed by atoms with van der Waals surface area (Å²) in [6, 6.07) is 36.2. The molecule has 0 saturated heterocycles. The summed E-state index contributed by atoms with van der Waals surface area (Å²) in [7, 11) is 0. The van der Waals surface area contributed by atoms with E-state index in [2.05, 4.69) is 172 Å². The zero-order valence-corrected chi connectivity index (χ0v) is 32.2. The molecule has 0 bridgehead atoms. The second-order valence-corrected chi connectivity index (χ2v) is 15.1. The van der Waals surface area contributed by atoms with Crippen molar-refractivity contribution in [3.8, 4) is 11.1 Å². The van der Waals surface area contributed by atoms with Crippen molar-refractivity contribution < 1.29 is 49.0 Å². The normalized spacial score (nSPS) is 14.5. The van der Waals surface area contributed by atoms with Gasteiger partial charge in [0.05, 0.1) is 0 Å². The Bertz CT molecular complexity index is 1510. The third-order valence-electron chi connectivity index (χ3n) is 8.19. The van der Waals surface area contributed by atoms with Crippen LogP contribution in [0, 0.1) is 18.1 Å². The Morgan fingerprint density at radius 3 is 1.64 bits per heavy atom. The van der Waals surface area contributed by atoms with Gasteiger partial charge in [-0.2, -0.15) is 35.4 Å². The zero-order chi connectivity index (χ0) is 31.4. The van der Waals surface area contributed by atoms with E-state index in [0.717, 1.165) is 6.42 Å². The molecule has 0 nitrogen and oxygen atoms in total. The maximum absolute atomic E-state index is 3.53. The summed E-state index contributed by atoms with van der Waals surface area (Å²) in [4.78, 5) is 0. The summed E-state index contributed by atoms with van der Waals surface area (Å²) in [6.45, 7) is 20.0. The molecule has 4 aromatic carbocycles. The topological polar surface area (TPSA) is 0 Å². The average molecular weight is 713 g/mol. The van der Waals surface area contributed by atoms with Crippen LogP contribution in [0.15, 0.2) is 108 Å². The van der Waals surface area contributed by atoms with Gasteiger partial charge in [-0.15, -0.1) is 12.5 Å². The number of hydrogen-bond acceptors (Lipinski definition) is 0. The second kappa shape index (κ2) is 16.5. The molecule has 0 aliphatic heterocycles. The van der Waals surface area contributed by atoms with Crippen LogP contribution in [0.5, 0.6) is 0 Å². The van der Waals surface area contributed by atoms with E-state index in [1.807, 2.05) is 0 Å². The molecule has 1 unspecified atom stereocenters. The predicted molar refractivity (Wildman–Crippen MR) is 182 cm³/mol. The molecule has 0 fully saturated rings. The average Bonchev–Trinajstić information content (AvgIpc) is 3.49. The number of allylic oxidation sites excluding steroid dienone is 4. The third kappa shape index (κ3) is 10.3. The molecule has 0 aromatic heterocycles. The van der Waals surface area contributed by atoms with Gasteiger partial charge in [0.2, 0.25) is 0 Å². The van der Waals surface area contributed by atoms with Crippen molar-refractivity contribution in [2.45, 2.75) is 79.6 Å². The summed E-state index contributed by atoms with van der Waals surface area (Å²) in [5.41, 5.74) is 14.1. The Balaban J connectivity index is 0.000000254. The van der Waals surface area contributed by atoms with Gasteiger partial charge in [-0.1, -0.05) is 96.0 Å². The van der Waals surface area contributed by atoms with E-state index in [-0.39, 0.29) is 35.6 Å². The van der Waals surface area contributed by atoms with E-state index in [9.17, 15) is 0 Å². The molecule has 0 spiro atoms. The van der Waals surface area contributed by atoms with E-state index in [1.54, 1.807) is 0 Å². The summed E-state index contributed by atoms with van der Waals surface area (Å²) in [5, 5.41) is 0. The van der Waals surface area contributed by atoms with Crippen LogP contribution in [0.25, 0.3) is 11.1 Å². The molecular formula is C42H46Cl2Zr-2. The summed E-state index contributed by atoms with van der Waals surface area (Å²) in [6.07, 6.45) is 6.55. The van der Waals surface area contributed by atoms with Crippen molar-refractivity contribution in [3.05, 3.63) is 154 Å². The fourth-order valence-corrected chi connectivity index (χ4v) is 6.18. The minimum absolute atomic E-state index is 0. The van der Waals surface area contributed by atoms with Crippen molar-refractivity contribution in [1.82, 2.24) is 0 Å². The molecule has 6 rings (SSSR count). The van der Waals surface area contributed by atoms with Gasteiger partial charge in [-0.05, 0) is 17.4 Å². The van der Waals surface area contributed by atoms with Gasteiger partial charge in [-0.3, -0.25) is 6.08 Å². The van der Waals surface area contributed by atoms with Crippen molar-refractivity contribution in [2.75, 3.05) is 0 Å². The molecule has 3 heteroatoms. The molecule has 0 heterocycles. The van der Waals surface area contributed by atoms with Crippen LogP contribution in [0.2, 0.25) is 0 Å². The second-order valence-electron chi connectivity index (χ2n) is 13.8. The third-order valence-corrected chi connectivity index (χ3v) is 9.61. The van der Waals surface area contributed by atoms with Crippen LogP contribution < -0.4 is 24.8 Å². The van der Waals surface area contributed by atoms with Crippen LogP contribution in [0.3, 0.4) is 0 Å². The van der Waals surface area contributed by atoms with E-state index < -0.39 is 0 Å². The Kier molecular flexibility index (Phi) is 14.3. The Morgan fingerprint density at radius 1 is 0.711 bits per heavy atom. The fraction of sp³-hybridized carbons (Fsp3) is 0.310. The SMILES string of the molecule is CC(C)(C)c1c[c-]c2c(c1)-c1cc(C(C)(C)C)ccc1C2.CC1=[C-]C(C)C=C1C.[Cl-].[Cl-].[Zr+2]=[C](c1ccccc1)c1ccccc1. The molecule has 1 atom stereocenters. The van der Waals surface area contributed by atoms with Gasteiger partial charge in [0.1, 0.15) is 0 Å². The number of fused-ring (bicyclic) bond motifs is 3. The Labute approximate surface area is 300 Å². The Morgan fingerprint density at radius 2 is 1.22 bits per heavy atom. The Hall–Kier alpha value is -2.31. The molecule has 0 N–H and O–H groups in total. The molecule has 4 aromatic rings. The summed E-state index contributed by atoms with van der Waals surface area (Å²) >= 11 is 1.46. The van der Waals surface area contributed by atoms with Crippen LogP contribution in [-0.2, 0) is 41.5 Å². The fourth-order valence-electron chi connectivity index (χ4n) is 5.36. The number of rotatable bonds is 2. The first kappa shape index (κ1) is 38.9. The van der Waals surface area contributed by atoms with Crippen molar-refractivity contribution in [2.24, 2.45) is 5.92 Å². The van der Waals surface area contributed by atoms with Gasteiger partial charge >= 0.3 is 99.2 Å². The molecule has 45 heavy (non-hydrogen) atoms. The number of halogens is 2. The van der Waals surface area contributed by atoms with Crippen molar-refractivity contribution >= 4 is 3.21 Å². The number of benzene rings is 4. The van der Waals surface area contributed by atoms with Gasteiger partial charge < -0.3 is 24.8 Å². The molecular weight excluding hydrogens is 667 g/mol. The molecule has 2 aliphatic carbocycles. The standard InChI is InChI=1S/C21H25.C13H10.C8H11.2ClH.Zr/c1-20(2,3)16-9-7-14-11-15-8-10-17(21(4,5)6)13-19(15)18(14)12-16;1-3-7-12(8-4-1)11-13-9-5-2-6-10-13;1-6-4-7(2)8(3)5-6;;;/h7,9-10,12-13H,11H2,1-6H3;1-10H;4,6H,1-3H3;2*1H;/q-1;;-1;;;+2/p-2. The van der Waals surface area contributed by atoms with Crippen molar-refractivity contribution in [1.29, 1.82) is 0 Å². The molecule has 0 saturated carbocycles. The minimum atomic E-state index is 0. The van der Waals surface area contributed by atoms with Crippen LogP contribution in [0.4, 0.5) is 0 Å². The van der Waals surface area contributed by atoms with Crippen LogP contribution in [0.1, 0.15) is 95.7 Å². The first-order chi connectivity index (χ1) is 20.2. The van der Waals surface area contributed by atoms with Crippen LogP contribution in [-0.4, -0.2) is 3.21 Å². The van der Waals surface area contributed by atoms with E-state index in [0.29, 0.717) is 5.92 Å². The molecule has 0 amide bonds.